The summed E-state index contributed by atoms with van der Waals surface area (Å²) in [6.45, 7) is 43.6. The highest BCUT2D eigenvalue weighted by atomic mass is 15.2. The molecule has 0 aromatic heterocycles. The van der Waals surface area contributed by atoms with Gasteiger partial charge in [-0.15, -0.1) is 0 Å². The van der Waals surface area contributed by atoms with Crippen molar-refractivity contribution in [3.05, 3.63) is 123 Å². The predicted molar refractivity (Wildman–Crippen MR) is 272 cm³/mol. The number of fused-ring (bicyclic) bond motifs is 6. The van der Waals surface area contributed by atoms with Crippen LogP contribution in [0, 0.1) is 6.92 Å². The van der Waals surface area contributed by atoms with Gasteiger partial charge in [0.1, 0.15) is 0 Å². The molecule has 0 N–H and O–H groups in total. The molecule has 9 rings (SSSR count). The number of nitrogens with zero attached hydrogens (tertiary/aromatic N) is 2. The predicted octanol–water partition coefficient (Wildman–Crippen LogP) is 14.7. The fourth-order valence-electron chi connectivity index (χ4n) is 11.5. The first-order valence-electron chi connectivity index (χ1n) is 23.9. The summed E-state index contributed by atoms with van der Waals surface area (Å²) in [5.74, 6) is 0. The van der Waals surface area contributed by atoms with Gasteiger partial charge in [-0.2, -0.15) is 0 Å². The van der Waals surface area contributed by atoms with E-state index in [0.717, 1.165) is 0 Å². The second-order valence-corrected chi connectivity index (χ2v) is 25.8. The number of hydrogen-bond donors (Lipinski definition) is 0. The van der Waals surface area contributed by atoms with Crippen LogP contribution in [0.1, 0.15) is 188 Å². The SMILES string of the molecule is Cc1ccc(C(C)(C)C)cc1N1c2ccc(C(C)(C)C)cc2B2c3cc4c(cc3N(c3ccc5c(c3)C(C)(C)CCC5(C)C)c3cc(C(C)(C)C)cc1c32)C(C)(C)CCC4(C)C. The van der Waals surface area contributed by atoms with Crippen molar-refractivity contribution in [3.63, 3.8) is 0 Å². The lowest BCUT2D eigenvalue weighted by Gasteiger charge is -2.48. The maximum absolute atomic E-state index is 2.73. The van der Waals surface area contributed by atoms with Gasteiger partial charge in [-0.05, 0) is 174 Å². The molecule has 0 radical (unpaired) electrons. The molecule has 5 aromatic carbocycles. The number of rotatable bonds is 2. The Morgan fingerprint density at radius 1 is 0.403 bits per heavy atom. The monoisotopic (exact) mass is 823 g/mol. The molecule has 4 aliphatic rings. The Balaban J connectivity index is 1.46. The van der Waals surface area contributed by atoms with Crippen LogP contribution in [0.2, 0.25) is 0 Å². The van der Waals surface area contributed by atoms with Gasteiger partial charge in [0.2, 0.25) is 0 Å². The second kappa shape index (κ2) is 13.4. The van der Waals surface area contributed by atoms with Crippen LogP contribution < -0.4 is 26.2 Å². The van der Waals surface area contributed by atoms with Crippen molar-refractivity contribution in [2.45, 2.75) is 188 Å². The number of anilines is 6. The quantitative estimate of drug-likeness (QED) is 0.160. The molecule has 0 saturated carbocycles. The van der Waals surface area contributed by atoms with Gasteiger partial charge in [0.15, 0.2) is 0 Å². The van der Waals surface area contributed by atoms with Crippen LogP contribution in [-0.2, 0) is 37.9 Å². The summed E-state index contributed by atoms with van der Waals surface area (Å²) in [4.78, 5) is 5.40. The summed E-state index contributed by atoms with van der Waals surface area (Å²) in [6, 6.07) is 32.8. The van der Waals surface area contributed by atoms with E-state index in [1.165, 1.54) is 121 Å². The third-order valence-electron chi connectivity index (χ3n) is 16.2. The van der Waals surface area contributed by atoms with Crippen molar-refractivity contribution in [1.29, 1.82) is 0 Å². The molecule has 324 valence electrons. The van der Waals surface area contributed by atoms with E-state index in [9.17, 15) is 0 Å². The zero-order valence-electron chi connectivity index (χ0n) is 41.8. The van der Waals surface area contributed by atoms with E-state index in [0.29, 0.717) is 0 Å². The fourth-order valence-corrected chi connectivity index (χ4v) is 11.5. The van der Waals surface area contributed by atoms with Gasteiger partial charge in [-0.3, -0.25) is 0 Å². The molecule has 0 spiro atoms. The molecule has 2 heterocycles. The number of hydrogen-bond acceptors (Lipinski definition) is 2. The Kier molecular flexibility index (Phi) is 9.30. The van der Waals surface area contributed by atoms with E-state index in [2.05, 4.69) is 213 Å². The highest BCUT2D eigenvalue weighted by Gasteiger charge is 2.48. The molecule has 0 amide bonds. The lowest BCUT2D eigenvalue weighted by molar-refractivity contribution is 0.332. The highest BCUT2D eigenvalue weighted by molar-refractivity contribution is 7.00. The minimum absolute atomic E-state index is 0.00373. The Hall–Kier alpha value is -4.24. The molecule has 5 aromatic rings. The van der Waals surface area contributed by atoms with Crippen molar-refractivity contribution in [3.8, 4) is 0 Å². The molecular weight excluding hydrogens is 747 g/mol. The molecule has 2 aliphatic heterocycles. The topological polar surface area (TPSA) is 6.48 Å². The smallest absolute Gasteiger partial charge is 0.252 e. The lowest BCUT2D eigenvalue weighted by Crippen LogP contribution is -2.62. The van der Waals surface area contributed by atoms with Gasteiger partial charge in [0, 0.05) is 34.1 Å². The summed E-state index contributed by atoms with van der Waals surface area (Å²) < 4.78 is 0. The normalized spacial score (nSPS) is 19.3. The number of benzene rings is 5. The van der Waals surface area contributed by atoms with Crippen LogP contribution in [0.3, 0.4) is 0 Å². The summed E-state index contributed by atoms with van der Waals surface area (Å²) in [5, 5.41) is 0. The van der Waals surface area contributed by atoms with Crippen molar-refractivity contribution < 1.29 is 0 Å². The van der Waals surface area contributed by atoms with E-state index in [1.54, 1.807) is 0 Å². The van der Waals surface area contributed by atoms with E-state index < -0.39 is 0 Å². The van der Waals surface area contributed by atoms with E-state index >= 15 is 0 Å². The molecule has 2 nitrogen and oxygen atoms in total. The Morgan fingerprint density at radius 3 is 1.42 bits per heavy atom. The average molecular weight is 823 g/mol. The van der Waals surface area contributed by atoms with Crippen molar-refractivity contribution in [2.24, 2.45) is 0 Å². The second-order valence-electron chi connectivity index (χ2n) is 25.8. The zero-order valence-corrected chi connectivity index (χ0v) is 41.8. The van der Waals surface area contributed by atoms with Crippen LogP contribution in [0.5, 0.6) is 0 Å². The standard InChI is InChI=1S/C59H75BN2/c1-36-19-20-38(54(5,6)7)30-48(36)62-47-24-21-37(53(2,3)4)29-45(47)60-46-34-43-44(59(17,18)28-27-58(43,15)16)35-49(46)61(50-31-39(55(8,9)10)32-51(62)52(50)60)40-22-23-41-42(33-40)57(13,14)26-25-56(41,11)12/h19-24,29-35H,25-28H2,1-18H3. The third kappa shape index (κ3) is 6.64. The zero-order chi connectivity index (χ0) is 45.1. The van der Waals surface area contributed by atoms with Crippen LogP contribution in [0.4, 0.5) is 34.1 Å². The van der Waals surface area contributed by atoms with Gasteiger partial charge in [0.05, 0.1) is 0 Å². The van der Waals surface area contributed by atoms with E-state index in [4.69, 9.17) is 0 Å². The Morgan fingerprint density at radius 2 is 0.855 bits per heavy atom. The molecular formula is C59H75BN2. The first-order chi connectivity index (χ1) is 28.5. The minimum Gasteiger partial charge on any atom is -0.311 e. The van der Waals surface area contributed by atoms with Gasteiger partial charge in [-0.1, -0.05) is 154 Å². The molecule has 62 heavy (non-hydrogen) atoms. The molecule has 3 heteroatoms. The fraction of sp³-hybridized carbons (Fsp3) is 0.492. The van der Waals surface area contributed by atoms with Crippen LogP contribution in [0.25, 0.3) is 0 Å². The van der Waals surface area contributed by atoms with Crippen LogP contribution in [0.15, 0.2) is 78.9 Å². The van der Waals surface area contributed by atoms with Gasteiger partial charge < -0.3 is 9.80 Å². The molecule has 0 fully saturated rings. The molecule has 0 bridgehead atoms. The average Bonchev–Trinajstić information content (AvgIpc) is 3.16. The third-order valence-corrected chi connectivity index (χ3v) is 16.2. The number of aryl methyl sites for hydroxylation is 1. The Bertz CT molecular complexity index is 2660. The van der Waals surface area contributed by atoms with Crippen molar-refractivity contribution >= 4 is 57.2 Å². The van der Waals surface area contributed by atoms with E-state index in [1.807, 2.05) is 0 Å². The summed E-state index contributed by atoms with van der Waals surface area (Å²) >= 11 is 0. The first kappa shape index (κ1) is 43.0. The largest absolute Gasteiger partial charge is 0.311 e. The molecule has 0 saturated heterocycles. The summed E-state index contributed by atoms with van der Waals surface area (Å²) in [6.07, 6.45) is 4.77. The molecule has 2 aliphatic carbocycles. The maximum atomic E-state index is 2.73. The van der Waals surface area contributed by atoms with Crippen LogP contribution >= 0.6 is 0 Å². The van der Waals surface area contributed by atoms with E-state index in [-0.39, 0.29) is 44.6 Å². The lowest BCUT2D eigenvalue weighted by atomic mass is 9.32. The first-order valence-corrected chi connectivity index (χ1v) is 23.9. The minimum atomic E-state index is -0.0823. The van der Waals surface area contributed by atoms with Gasteiger partial charge in [-0.25, -0.2) is 0 Å². The molecule has 0 unspecified atom stereocenters. The van der Waals surface area contributed by atoms with Gasteiger partial charge >= 0.3 is 0 Å². The van der Waals surface area contributed by atoms with Crippen molar-refractivity contribution in [1.82, 2.24) is 0 Å². The van der Waals surface area contributed by atoms with Gasteiger partial charge in [0.25, 0.3) is 6.71 Å². The maximum Gasteiger partial charge on any atom is 0.252 e. The summed E-state index contributed by atoms with van der Waals surface area (Å²) in [5.41, 5.74) is 23.9. The molecule has 0 atom stereocenters. The highest BCUT2D eigenvalue weighted by Crippen LogP contribution is 2.53. The van der Waals surface area contributed by atoms with Crippen molar-refractivity contribution in [2.75, 3.05) is 9.80 Å². The van der Waals surface area contributed by atoms with Crippen LogP contribution in [-0.4, -0.2) is 6.71 Å². The summed E-state index contributed by atoms with van der Waals surface area (Å²) in [7, 11) is 0. The Labute approximate surface area is 377 Å².